The number of nitrogens with zero attached hydrogens (tertiary/aromatic N) is 2. The number of benzene rings is 1. The highest BCUT2D eigenvalue weighted by Crippen LogP contribution is 2.24. The Kier molecular flexibility index (Phi) is 6.52. The summed E-state index contributed by atoms with van der Waals surface area (Å²) in [7, 11) is 0. The molecule has 0 spiro atoms. The molecule has 25 heavy (non-hydrogen) atoms. The minimum atomic E-state index is -0.327. The van der Waals surface area contributed by atoms with Gasteiger partial charge in [-0.15, -0.1) is 23.7 Å². The van der Waals surface area contributed by atoms with Crippen LogP contribution in [0.15, 0.2) is 23.6 Å². The zero-order valence-corrected chi connectivity index (χ0v) is 15.6. The fourth-order valence-electron chi connectivity index (χ4n) is 2.83. The topological polar surface area (TPSA) is 88.3 Å². The second-order valence-corrected chi connectivity index (χ2v) is 6.72. The molecule has 134 valence electrons. The van der Waals surface area contributed by atoms with Gasteiger partial charge in [0, 0.05) is 25.0 Å². The van der Waals surface area contributed by atoms with Crippen molar-refractivity contribution in [3.8, 4) is 0 Å². The molecular weight excluding hydrogens is 360 g/mol. The summed E-state index contributed by atoms with van der Waals surface area (Å²) in [5.41, 5.74) is 7.79. The molecule has 0 atom stereocenters. The number of likely N-dealkylation sites (tertiary alicyclic amines) is 1. The quantitative estimate of drug-likeness (QED) is 0.853. The van der Waals surface area contributed by atoms with E-state index in [1.807, 2.05) is 24.0 Å². The molecule has 0 aliphatic carbocycles. The molecule has 0 unspecified atom stereocenters. The number of carbonyl (C=O) groups is 2. The number of nitrogens with two attached hydrogens (primary N) is 1. The van der Waals surface area contributed by atoms with Crippen LogP contribution in [0.5, 0.6) is 0 Å². The van der Waals surface area contributed by atoms with Gasteiger partial charge in [-0.25, -0.2) is 4.98 Å². The summed E-state index contributed by atoms with van der Waals surface area (Å²) in [6.07, 6.45) is 2.06. The van der Waals surface area contributed by atoms with E-state index >= 15 is 0 Å². The van der Waals surface area contributed by atoms with Crippen molar-refractivity contribution in [3.63, 3.8) is 0 Å². The Morgan fingerprint density at radius 3 is 2.68 bits per heavy atom. The molecule has 1 aliphatic rings. The third kappa shape index (κ3) is 4.18. The number of carbonyl (C=O) groups excluding carboxylic acids is 2. The lowest BCUT2D eigenvalue weighted by atomic mass is 10.0. The standard InChI is InChI=1S/C17H20N4O2S.ClH/c1-11-5-4-6-12(15(11)17(23)21-7-2-3-8-21)20-16(22)13-10-24-14(9-18)19-13;/h4-6,10H,2-3,7-9,18H2,1H3,(H,20,22);1H. The van der Waals surface area contributed by atoms with Crippen LogP contribution in [-0.2, 0) is 6.54 Å². The Labute approximate surface area is 156 Å². The van der Waals surface area contributed by atoms with Gasteiger partial charge in [-0.3, -0.25) is 9.59 Å². The molecule has 1 saturated heterocycles. The summed E-state index contributed by atoms with van der Waals surface area (Å²) < 4.78 is 0. The number of amides is 2. The van der Waals surface area contributed by atoms with Crippen molar-refractivity contribution in [1.29, 1.82) is 0 Å². The molecular formula is C17H21ClN4O2S. The van der Waals surface area contributed by atoms with E-state index in [1.165, 1.54) is 11.3 Å². The molecule has 1 fully saturated rings. The Morgan fingerprint density at radius 2 is 2.04 bits per heavy atom. The van der Waals surface area contributed by atoms with Crippen LogP contribution in [0.3, 0.4) is 0 Å². The molecule has 8 heteroatoms. The Hall–Kier alpha value is -1.96. The van der Waals surface area contributed by atoms with Crippen molar-refractivity contribution in [2.45, 2.75) is 26.3 Å². The first-order valence-electron chi connectivity index (χ1n) is 7.95. The number of anilines is 1. The van der Waals surface area contributed by atoms with Gasteiger partial charge in [0.1, 0.15) is 10.7 Å². The molecule has 2 aromatic rings. The monoisotopic (exact) mass is 380 g/mol. The number of hydrogen-bond acceptors (Lipinski definition) is 5. The molecule has 1 aliphatic heterocycles. The summed E-state index contributed by atoms with van der Waals surface area (Å²) in [6, 6.07) is 5.47. The zero-order chi connectivity index (χ0) is 17.1. The summed E-state index contributed by atoms with van der Waals surface area (Å²) >= 11 is 1.35. The van der Waals surface area contributed by atoms with Gasteiger partial charge in [0.2, 0.25) is 0 Å². The van der Waals surface area contributed by atoms with E-state index in [-0.39, 0.29) is 24.2 Å². The van der Waals surface area contributed by atoms with Gasteiger partial charge >= 0.3 is 0 Å². The van der Waals surface area contributed by atoms with Crippen molar-refractivity contribution >= 4 is 41.2 Å². The molecule has 2 heterocycles. The van der Waals surface area contributed by atoms with Crippen molar-refractivity contribution in [3.05, 3.63) is 45.4 Å². The van der Waals surface area contributed by atoms with Crippen LogP contribution in [-0.4, -0.2) is 34.8 Å². The normalized spacial score (nSPS) is 13.4. The van der Waals surface area contributed by atoms with E-state index in [9.17, 15) is 9.59 Å². The fraction of sp³-hybridized carbons (Fsp3) is 0.353. The lowest BCUT2D eigenvalue weighted by Gasteiger charge is -2.19. The SMILES string of the molecule is Cc1cccc(NC(=O)c2csc(CN)n2)c1C(=O)N1CCCC1.Cl. The number of halogens is 1. The molecule has 1 aromatic carbocycles. The van der Waals surface area contributed by atoms with Gasteiger partial charge in [-0.05, 0) is 31.4 Å². The molecule has 2 amide bonds. The predicted octanol–water partition coefficient (Wildman–Crippen LogP) is 2.82. The van der Waals surface area contributed by atoms with E-state index < -0.39 is 0 Å². The van der Waals surface area contributed by atoms with Gasteiger partial charge in [0.25, 0.3) is 11.8 Å². The number of rotatable bonds is 4. The van der Waals surface area contributed by atoms with Gasteiger partial charge in [0.15, 0.2) is 0 Å². The summed E-state index contributed by atoms with van der Waals surface area (Å²) in [6.45, 7) is 3.73. The second-order valence-electron chi connectivity index (χ2n) is 5.78. The van der Waals surface area contributed by atoms with Crippen LogP contribution in [0.1, 0.15) is 44.3 Å². The maximum Gasteiger partial charge on any atom is 0.275 e. The fourth-order valence-corrected chi connectivity index (χ4v) is 3.48. The van der Waals surface area contributed by atoms with E-state index in [2.05, 4.69) is 10.3 Å². The molecule has 0 saturated carbocycles. The third-order valence-corrected chi connectivity index (χ3v) is 4.96. The highest BCUT2D eigenvalue weighted by Gasteiger charge is 2.24. The lowest BCUT2D eigenvalue weighted by Crippen LogP contribution is -2.29. The Bertz CT molecular complexity index is 772. The maximum atomic E-state index is 12.8. The van der Waals surface area contributed by atoms with Crippen LogP contribution in [0, 0.1) is 6.92 Å². The van der Waals surface area contributed by atoms with Crippen LogP contribution in [0.4, 0.5) is 5.69 Å². The smallest absolute Gasteiger partial charge is 0.275 e. The number of aryl methyl sites for hydroxylation is 1. The van der Waals surface area contributed by atoms with E-state index in [0.29, 0.717) is 28.5 Å². The number of thiazole rings is 1. The predicted molar refractivity (Wildman–Crippen MR) is 102 cm³/mol. The number of nitrogens with one attached hydrogen (secondary N) is 1. The molecule has 1 aromatic heterocycles. The molecule has 3 N–H and O–H groups in total. The molecule has 0 bridgehead atoms. The van der Waals surface area contributed by atoms with Crippen LogP contribution >= 0.6 is 23.7 Å². The second kappa shape index (κ2) is 8.42. The van der Waals surface area contributed by atoms with Gasteiger partial charge in [-0.2, -0.15) is 0 Å². The minimum Gasteiger partial charge on any atom is -0.339 e. The van der Waals surface area contributed by atoms with Gasteiger partial charge < -0.3 is 16.0 Å². The van der Waals surface area contributed by atoms with Crippen molar-refractivity contribution in [1.82, 2.24) is 9.88 Å². The van der Waals surface area contributed by atoms with Gasteiger partial charge in [-0.1, -0.05) is 12.1 Å². The Balaban J connectivity index is 0.00000225. The number of aromatic nitrogens is 1. The van der Waals surface area contributed by atoms with E-state index in [0.717, 1.165) is 31.5 Å². The first-order valence-corrected chi connectivity index (χ1v) is 8.83. The van der Waals surface area contributed by atoms with Crippen molar-refractivity contribution in [2.24, 2.45) is 5.73 Å². The van der Waals surface area contributed by atoms with Crippen LogP contribution in [0.25, 0.3) is 0 Å². The van der Waals surface area contributed by atoms with E-state index in [4.69, 9.17) is 5.73 Å². The van der Waals surface area contributed by atoms with Crippen molar-refractivity contribution in [2.75, 3.05) is 18.4 Å². The molecule has 3 rings (SSSR count). The average Bonchev–Trinajstić information content (AvgIpc) is 3.26. The molecule has 6 nitrogen and oxygen atoms in total. The largest absolute Gasteiger partial charge is 0.339 e. The highest BCUT2D eigenvalue weighted by molar-refractivity contribution is 7.09. The first kappa shape index (κ1) is 19.4. The molecule has 0 radical (unpaired) electrons. The zero-order valence-electron chi connectivity index (χ0n) is 13.9. The lowest BCUT2D eigenvalue weighted by molar-refractivity contribution is 0.0793. The third-order valence-electron chi connectivity index (χ3n) is 4.09. The average molecular weight is 381 g/mol. The minimum absolute atomic E-state index is 0. The van der Waals surface area contributed by atoms with Crippen LogP contribution in [0.2, 0.25) is 0 Å². The summed E-state index contributed by atoms with van der Waals surface area (Å²) in [4.78, 5) is 31.2. The van der Waals surface area contributed by atoms with Crippen LogP contribution < -0.4 is 11.1 Å². The van der Waals surface area contributed by atoms with Crippen molar-refractivity contribution < 1.29 is 9.59 Å². The summed E-state index contributed by atoms with van der Waals surface area (Å²) in [5.74, 6) is -0.353. The Morgan fingerprint density at radius 1 is 1.32 bits per heavy atom. The van der Waals surface area contributed by atoms with Gasteiger partial charge in [0.05, 0.1) is 11.3 Å². The summed E-state index contributed by atoms with van der Waals surface area (Å²) in [5, 5.41) is 5.21. The highest BCUT2D eigenvalue weighted by atomic mass is 35.5. The number of hydrogen-bond donors (Lipinski definition) is 2. The first-order chi connectivity index (χ1) is 11.6. The van der Waals surface area contributed by atoms with E-state index in [1.54, 1.807) is 11.4 Å². The maximum absolute atomic E-state index is 12.8.